The topological polar surface area (TPSA) is 30.5 Å². The summed E-state index contributed by atoms with van der Waals surface area (Å²) in [6, 6.07) is 11.4. The summed E-state index contributed by atoms with van der Waals surface area (Å²) in [5, 5.41) is 3.58. The van der Waals surface area contributed by atoms with Crippen LogP contribution in [-0.2, 0) is 9.47 Å². The standard InChI is InChI=1S/C15H23NO2/c1-17-10-11-18-9-5-8-16-15-12-14(15)13-6-3-2-4-7-13/h2-4,6-7,14-16H,5,8-12H2,1H3. The van der Waals surface area contributed by atoms with E-state index >= 15 is 0 Å². The largest absolute Gasteiger partial charge is 0.382 e. The zero-order valence-electron chi connectivity index (χ0n) is 11.1. The van der Waals surface area contributed by atoms with E-state index in [0.717, 1.165) is 25.5 Å². The lowest BCUT2D eigenvalue weighted by Gasteiger charge is -2.05. The van der Waals surface area contributed by atoms with Crippen LogP contribution in [0.5, 0.6) is 0 Å². The first-order valence-corrected chi connectivity index (χ1v) is 6.77. The normalized spacial score (nSPS) is 22.1. The van der Waals surface area contributed by atoms with Gasteiger partial charge in [-0.15, -0.1) is 0 Å². The van der Waals surface area contributed by atoms with E-state index in [2.05, 4.69) is 35.6 Å². The van der Waals surface area contributed by atoms with Crippen molar-refractivity contribution in [1.82, 2.24) is 5.32 Å². The van der Waals surface area contributed by atoms with Gasteiger partial charge < -0.3 is 14.8 Å². The van der Waals surface area contributed by atoms with Crippen molar-refractivity contribution in [2.75, 3.05) is 33.5 Å². The van der Waals surface area contributed by atoms with Crippen molar-refractivity contribution in [1.29, 1.82) is 0 Å². The molecule has 0 amide bonds. The van der Waals surface area contributed by atoms with Gasteiger partial charge in [-0.05, 0) is 24.9 Å². The molecule has 1 aliphatic rings. The monoisotopic (exact) mass is 249 g/mol. The molecule has 100 valence electrons. The fourth-order valence-corrected chi connectivity index (χ4v) is 2.20. The molecule has 18 heavy (non-hydrogen) atoms. The molecule has 2 rings (SSSR count). The predicted octanol–water partition coefficient (Wildman–Crippen LogP) is 2.19. The Morgan fingerprint density at radius 3 is 2.78 bits per heavy atom. The maximum atomic E-state index is 5.42. The minimum Gasteiger partial charge on any atom is -0.382 e. The second-order valence-electron chi connectivity index (χ2n) is 4.77. The van der Waals surface area contributed by atoms with E-state index in [9.17, 15) is 0 Å². The third-order valence-electron chi connectivity index (χ3n) is 3.32. The number of hydrogen-bond acceptors (Lipinski definition) is 3. The first-order chi connectivity index (χ1) is 8.92. The Morgan fingerprint density at radius 1 is 1.17 bits per heavy atom. The molecule has 0 spiro atoms. The smallest absolute Gasteiger partial charge is 0.0700 e. The van der Waals surface area contributed by atoms with E-state index in [0.29, 0.717) is 19.3 Å². The van der Waals surface area contributed by atoms with Crippen LogP contribution in [0.4, 0.5) is 0 Å². The molecule has 1 fully saturated rings. The van der Waals surface area contributed by atoms with Crippen molar-refractivity contribution < 1.29 is 9.47 Å². The van der Waals surface area contributed by atoms with Crippen LogP contribution in [0.3, 0.4) is 0 Å². The van der Waals surface area contributed by atoms with E-state index in [4.69, 9.17) is 9.47 Å². The van der Waals surface area contributed by atoms with E-state index in [-0.39, 0.29) is 0 Å². The molecule has 2 unspecified atom stereocenters. The van der Waals surface area contributed by atoms with Gasteiger partial charge in [-0.1, -0.05) is 30.3 Å². The molecule has 1 N–H and O–H groups in total. The van der Waals surface area contributed by atoms with Crippen LogP contribution in [0.1, 0.15) is 24.3 Å². The summed E-state index contributed by atoms with van der Waals surface area (Å²) in [4.78, 5) is 0. The number of ether oxygens (including phenoxy) is 2. The van der Waals surface area contributed by atoms with Gasteiger partial charge in [-0.3, -0.25) is 0 Å². The molecule has 2 atom stereocenters. The minimum absolute atomic E-state index is 0.673. The summed E-state index contributed by atoms with van der Waals surface area (Å²) in [6.45, 7) is 3.25. The molecule has 3 nitrogen and oxygen atoms in total. The number of hydrogen-bond donors (Lipinski definition) is 1. The van der Waals surface area contributed by atoms with Crippen molar-refractivity contribution in [2.24, 2.45) is 0 Å². The Morgan fingerprint density at radius 2 is 2.00 bits per heavy atom. The third kappa shape index (κ3) is 4.41. The number of benzene rings is 1. The minimum atomic E-state index is 0.673. The second kappa shape index (κ2) is 7.52. The summed E-state index contributed by atoms with van der Waals surface area (Å²) in [6.07, 6.45) is 2.34. The summed E-state index contributed by atoms with van der Waals surface area (Å²) < 4.78 is 10.3. The molecule has 0 radical (unpaired) electrons. The molecular formula is C15H23NO2. The lowest BCUT2D eigenvalue weighted by atomic mass is 10.1. The van der Waals surface area contributed by atoms with Gasteiger partial charge >= 0.3 is 0 Å². The van der Waals surface area contributed by atoms with Gasteiger partial charge in [-0.25, -0.2) is 0 Å². The average Bonchev–Trinajstić information content (AvgIpc) is 3.18. The van der Waals surface area contributed by atoms with Gasteiger partial charge in [0.1, 0.15) is 0 Å². The Kier molecular flexibility index (Phi) is 5.65. The highest BCUT2D eigenvalue weighted by Gasteiger charge is 2.37. The van der Waals surface area contributed by atoms with Crippen LogP contribution in [0.15, 0.2) is 30.3 Å². The van der Waals surface area contributed by atoms with Crippen molar-refractivity contribution >= 4 is 0 Å². The zero-order valence-corrected chi connectivity index (χ0v) is 11.1. The van der Waals surface area contributed by atoms with Crippen LogP contribution in [0.2, 0.25) is 0 Å². The van der Waals surface area contributed by atoms with Gasteiger partial charge in [0, 0.05) is 25.7 Å². The Hall–Kier alpha value is -0.900. The first kappa shape index (κ1) is 13.5. The maximum Gasteiger partial charge on any atom is 0.0700 e. The van der Waals surface area contributed by atoms with Crippen molar-refractivity contribution in [3.63, 3.8) is 0 Å². The van der Waals surface area contributed by atoms with Crippen molar-refractivity contribution in [3.05, 3.63) is 35.9 Å². The van der Waals surface area contributed by atoms with Gasteiger partial charge in [0.25, 0.3) is 0 Å². The molecule has 0 heterocycles. The van der Waals surface area contributed by atoms with Crippen LogP contribution < -0.4 is 5.32 Å². The molecule has 0 bridgehead atoms. The predicted molar refractivity (Wildman–Crippen MR) is 72.9 cm³/mol. The Balaban J connectivity index is 1.50. The number of rotatable bonds is 9. The molecular weight excluding hydrogens is 226 g/mol. The quantitative estimate of drug-likeness (QED) is 0.680. The summed E-state index contributed by atoms with van der Waals surface area (Å²) >= 11 is 0. The second-order valence-corrected chi connectivity index (χ2v) is 4.77. The molecule has 0 aromatic heterocycles. The summed E-state index contributed by atoms with van der Waals surface area (Å²) in [5.74, 6) is 0.723. The van der Waals surface area contributed by atoms with Crippen molar-refractivity contribution in [2.45, 2.75) is 24.8 Å². The third-order valence-corrected chi connectivity index (χ3v) is 3.32. The molecule has 3 heteroatoms. The molecule has 1 saturated carbocycles. The average molecular weight is 249 g/mol. The van der Waals surface area contributed by atoms with Gasteiger partial charge in [0.05, 0.1) is 13.2 Å². The van der Waals surface area contributed by atoms with Gasteiger partial charge in [0.2, 0.25) is 0 Å². The van der Waals surface area contributed by atoms with E-state index < -0.39 is 0 Å². The van der Waals surface area contributed by atoms with Crippen LogP contribution in [0, 0.1) is 0 Å². The van der Waals surface area contributed by atoms with Crippen LogP contribution >= 0.6 is 0 Å². The SMILES string of the molecule is COCCOCCCNC1CC1c1ccccc1. The number of methoxy groups -OCH3 is 1. The molecule has 0 aliphatic heterocycles. The van der Waals surface area contributed by atoms with Gasteiger partial charge in [0.15, 0.2) is 0 Å². The lowest BCUT2D eigenvalue weighted by Crippen LogP contribution is -2.20. The maximum absolute atomic E-state index is 5.42. The van der Waals surface area contributed by atoms with Gasteiger partial charge in [-0.2, -0.15) is 0 Å². The summed E-state index contributed by atoms with van der Waals surface area (Å²) in [5.41, 5.74) is 1.46. The van der Waals surface area contributed by atoms with E-state index in [1.165, 1.54) is 12.0 Å². The molecule has 1 aromatic rings. The Labute approximate surface area is 109 Å². The van der Waals surface area contributed by atoms with E-state index in [1.54, 1.807) is 7.11 Å². The molecule has 1 aromatic carbocycles. The number of nitrogens with one attached hydrogen (secondary N) is 1. The molecule has 1 aliphatic carbocycles. The fourth-order valence-electron chi connectivity index (χ4n) is 2.20. The lowest BCUT2D eigenvalue weighted by molar-refractivity contribution is 0.0694. The zero-order chi connectivity index (χ0) is 12.6. The van der Waals surface area contributed by atoms with Crippen LogP contribution in [-0.4, -0.2) is 39.5 Å². The van der Waals surface area contributed by atoms with E-state index in [1.807, 2.05) is 0 Å². The van der Waals surface area contributed by atoms with Crippen molar-refractivity contribution in [3.8, 4) is 0 Å². The summed E-state index contributed by atoms with van der Waals surface area (Å²) in [7, 11) is 1.70. The molecule has 0 saturated heterocycles. The fraction of sp³-hybridized carbons (Fsp3) is 0.600. The highest BCUT2D eigenvalue weighted by atomic mass is 16.5. The highest BCUT2D eigenvalue weighted by Crippen LogP contribution is 2.40. The Bertz CT molecular complexity index is 329. The van der Waals surface area contributed by atoms with Crippen LogP contribution in [0.25, 0.3) is 0 Å². The highest BCUT2D eigenvalue weighted by molar-refractivity contribution is 5.27. The first-order valence-electron chi connectivity index (χ1n) is 6.77.